The van der Waals surface area contributed by atoms with Crippen LogP contribution >= 0.6 is 0 Å². The molecule has 2 atom stereocenters. The van der Waals surface area contributed by atoms with E-state index < -0.39 is 36.5 Å². The summed E-state index contributed by atoms with van der Waals surface area (Å²) >= 11 is 0. The molecule has 1 unspecified atom stereocenters. The fourth-order valence-electron chi connectivity index (χ4n) is 3.65. The van der Waals surface area contributed by atoms with Gasteiger partial charge in [0.05, 0.1) is 6.04 Å². The van der Waals surface area contributed by atoms with Crippen molar-refractivity contribution in [2.45, 2.75) is 37.8 Å². The number of anilines is 1. The number of nitrogens with zero attached hydrogens (tertiary/aromatic N) is 1. The first kappa shape index (κ1) is 20.5. The Hall–Kier alpha value is -3.19. The Labute approximate surface area is 169 Å². The van der Waals surface area contributed by atoms with Gasteiger partial charge in [-0.3, -0.25) is 24.6 Å². The summed E-state index contributed by atoms with van der Waals surface area (Å²) in [5.74, 6) is -2.56. The lowest BCUT2D eigenvalue weighted by molar-refractivity contribution is -0.140. The van der Waals surface area contributed by atoms with Gasteiger partial charge >= 0.3 is 11.9 Å². The van der Waals surface area contributed by atoms with Crippen molar-refractivity contribution in [2.75, 3.05) is 11.4 Å². The Morgan fingerprint density at radius 1 is 1.07 bits per heavy atom. The number of hydrogen-bond acceptors (Lipinski definition) is 4. The number of fused-ring (bicyclic) bond motifs is 1. The molecule has 7 heteroatoms. The van der Waals surface area contributed by atoms with E-state index in [0.29, 0.717) is 31.4 Å². The third kappa shape index (κ3) is 5.20. The van der Waals surface area contributed by atoms with Crippen molar-refractivity contribution in [3.63, 3.8) is 0 Å². The molecule has 2 aromatic rings. The van der Waals surface area contributed by atoms with Crippen LogP contribution < -0.4 is 10.2 Å². The second-order valence-electron chi connectivity index (χ2n) is 7.12. The van der Waals surface area contributed by atoms with Crippen LogP contribution in [-0.4, -0.2) is 46.7 Å². The van der Waals surface area contributed by atoms with Crippen molar-refractivity contribution >= 4 is 23.5 Å². The second kappa shape index (κ2) is 9.34. The third-order valence-electron chi connectivity index (χ3n) is 5.11. The molecular weight excluding hydrogens is 372 g/mol. The summed E-state index contributed by atoms with van der Waals surface area (Å²) < 4.78 is 0. The molecule has 3 N–H and O–H groups in total. The van der Waals surface area contributed by atoms with Crippen molar-refractivity contribution in [3.05, 3.63) is 65.7 Å². The highest BCUT2D eigenvalue weighted by atomic mass is 16.4. The van der Waals surface area contributed by atoms with Crippen LogP contribution in [0.1, 0.15) is 24.0 Å². The lowest BCUT2D eigenvalue weighted by atomic mass is 10.0. The standard InChI is InChI=1S/C22H24N2O5/c25-20(26)14-24-19-9-5-4-8-16(19)11-13-17(21(24)27)23-18(22(28)29)12-10-15-6-2-1-3-7-15/h1-9,17-18,23H,10-14H2,(H,25,26)(H,28,29)/t17-,18?/m0/s1. The minimum absolute atomic E-state index is 0.328. The minimum Gasteiger partial charge on any atom is -0.480 e. The number of amides is 1. The largest absolute Gasteiger partial charge is 0.480 e. The molecule has 1 aliphatic heterocycles. The van der Waals surface area contributed by atoms with Gasteiger partial charge in [-0.05, 0) is 42.9 Å². The van der Waals surface area contributed by atoms with Gasteiger partial charge in [-0.15, -0.1) is 0 Å². The maximum Gasteiger partial charge on any atom is 0.323 e. The molecular formula is C22H24N2O5. The topological polar surface area (TPSA) is 107 Å². The molecule has 0 bridgehead atoms. The summed E-state index contributed by atoms with van der Waals surface area (Å²) in [6, 6.07) is 15.1. The number of benzene rings is 2. The van der Waals surface area contributed by atoms with E-state index in [1.54, 1.807) is 12.1 Å². The summed E-state index contributed by atoms with van der Waals surface area (Å²) in [5.41, 5.74) is 2.47. The maximum absolute atomic E-state index is 13.1. The number of carbonyl (C=O) groups is 3. The van der Waals surface area contributed by atoms with Gasteiger partial charge in [0.25, 0.3) is 0 Å². The minimum atomic E-state index is -1.12. The van der Waals surface area contributed by atoms with Crippen LogP contribution in [0, 0.1) is 0 Å². The van der Waals surface area contributed by atoms with E-state index in [0.717, 1.165) is 11.1 Å². The molecule has 0 saturated heterocycles. The number of para-hydroxylation sites is 1. The summed E-state index contributed by atoms with van der Waals surface area (Å²) in [6.07, 6.45) is 1.85. The van der Waals surface area contributed by atoms with Gasteiger partial charge in [0, 0.05) is 5.69 Å². The fraction of sp³-hybridized carbons (Fsp3) is 0.318. The summed E-state index contributed by atoms with van der Waals surface area (Å²) in [7, 11) is 0. The quantitative estimate of drug-likeness (QED) is 0.631. The van der Waals surface area contributed by atoms with Gasteiger partial charge < -0.3 is 10.2 Å². The Morgan fingerprint density at radius 2 is 1.76 bits per heavy atom. The molecule has 3 rings (SSSR count). The van der Waals surface area contributed by atoms with Gasteiger partial charge in [0.15, 0.2) is 0 Å². The lowest BCUT2D eigenvalue weighted by Gasteiger charge is -2.26. The molecule has 0 aliphatic carbocycles. The molecule has 0 aromatic heterocycles. The zero-order valence-electron chi connectivity index (χ0n) is 16.0. The first-order chi connectivity index (χ1) is 14.0. The summed E-state index contributed by atoms with van der Waals surface area (Å²) in [6.45, 7) is -0.463. The van der Waals surface area contributed by atoms with Gasteiger partial charge in [-0.2, -0.15) is 0 Å². The van der Waals surface area contributed by atoms with Crippen LogP contribution in [0.5, 0.6) is 0 Å². The highest BCUT2D eigenvalue weighted by Crippen LogP contribution is 2.27. The van der Waals surface area contributed by atoms with E-state index in [1.165, 1.54) is 4.90 Å². The number of hydrogen-bond donors (Lipinski definition) is 3. The van der Waals surface area contributed by atoms with Crippen LogP contribution in [0.2, 0.25) is 0 Å². The highest BCUT2D eigenvalue weighted by molar-refractivity contribution is 6.02. The normalized spacial score (nSPS) is 17.3. The van der Waals surface area contributed by atoms with Gasteiger partial charge in [0.2, 0.25) is 5.91 Å². The number of aryl methyl sites for hydroxylation is 2. The molecule has 1 aliphatic rings. The first-order valence-electron chi connectivity index (χ1n) is 9.59. The number of carbonyl (C=O) groups excluding carboxylic acids is 1. The third-order valence-corrected chi connectivity index (χ3v) is 5.11. The SMILES string of the molecule is O=C(O)CN1C(=O)[C@@H](NC(CCc2ccccc2)C(=O)O)CCc2ccccc21. The summed E-state index contributed by atoms with van der Waals surface area (Å²) in [5, 5.41) is 21.9. The van der Waals surface area contributed by atoms with Crippen LogP contribution in [0.3, 0.4) is 0 Å². The van der Waals surface area contributed by atoms with E-state index in [2.05, 4.69) is 5.32 Å². The zero-order chi connectivity index (χ0) is 20.8. The maximum atomic E-state index is 13.1. The highest BCUT2D eigenvalue weighted by Gasteiger charge is 2.34. The Bertz CT molecular complexity index is 884. The molecule has 0 saturated carbocycles. The molecule has 2 aromatic carbocycles. The number of carboxylic acids is 2. The van der Waals surface area contributed by atoms with Crippen LogP contribution in [0.15, 0.2) is 54.6 Å². The van der Waals surface area contributed by atoms with Crippen LogP contribution in [-0.2, 0) is 27.2 Å². The Morgan fingerprint density at radius 3 is 2.45 bits per heavy atom. The molecule has 0 fully saturated rings. The monoisotopic (exact) mass is 396 g/mol. The van der Waals surface area contributed by atoms with Crippen molar-refractivity contribution in [1.29, 1.82) is 0 Å². The molecule has 29 heavy (non-hydrogen) atoms. The fourth-order valence-corrected chi connectivity index (χ4v) is 3.65. The van der Waals surface area contributed by atoms with Crippen LogP contribution in [0.25, 0.3) is 0 Å². The average molecular weight is 396 g/mol. The zero-order valence-corrected chi connectivity index (χ0v) is 16.0. The van der Waals surface area contributed by atoms with Crippen LogP contribution in [0.4, 0.5) is 5.69 Å². The molecule has 152 valence electrons. The van der Waals surface area contributed by atoms with E-state index in [-0.39, 0.29) is 0 Å². The molecule has 7 nitrogen and oxygen atoms in total. The van der Waals surface area contributed by atoms with Gasteiger partial charge in [-0.25, -0.2) is 0 Å². The molecule has 1 heterocycles. The van der Waals surface area contributed by atoms with Crippen molar-refractivity contribution < 1.29 is 24.6 Å². The van der Waals surface area contributed by atoms with Crippen molar-refractivity contribution in [2.24, 2.45) is 0 Å². The van der Waals surface area contributed by atoms with E-state index in [4.69, 9.17) is 0 Å². The smallest absolute Gasteiger partial charge is 0.323 e. The first-order valence-corrected chi connectivity index (χ1v) is 9.59. The predicted octanol–water partition coefficient (Wildman–Crippen LogP) is 2.09. The van der Waals surface area contributed by atoms with E-state index in [1.807, 2.05) is 42.5 Å². The Kier molecular flexibility index (Phi) is 6.61. The lowest BCUT2D eigenvalue weighted by Crippen LogP contribution is -2.52. The van der Waals surface area contributed by atoms with Gasteiger partial charge in [-0.1, -0.05) is 48.5 Å². The number of carboxylic acid groups (broad SMARTS) is 2. The number of nitrogens with one attached hydrogen (secondary N) is 1. The average Bonchev–Trinajstić information content (AvgIpc) is 2.83. The molecule has 1 amide bonds. The van der Waals surface area contributed by atoms with Crippen molar-refractivity contribution in [3.8, 4) is 0 Å². The van der Waals surface area contributed by atoms with Gasteiger partial charge in [0.1, 0.15) is 12.6 Å². The molecule has 0 spiro atoms. The second-order valence-corrected chi connectivity index (χ2v) is 7.12. The number of aliphatic carboxylic acids is 2. The summed E-state index contributed by atoms with van der Waals surface area (Å²) in [4.78, 5) is 37.4. The van der Waals surface area contributed by atoms with E-state index in [9.17, 15) is 24.6 Å². The van der Waals surface area contributed by atoms with Crippen molar-refractivity contribution in [1.82, 2.24) is 5.32 Å². The van der Waals surface area contributed by atoms with E-state index >= 15 is 0 Å². The number of rotatable bonds is 8. The molecule has 0 radical (unpaired) electrons. The predicted molar refractivity (Wildman–Crippen MR) is 108 cm³/mol. The Balaban J connectivity index is 1.77.